The lowest BCUT2D eigenvalue weighted by Gasteiger charge is -2.17. The molecule has 8 heteroatoms. The van der Waals surface area contributed by atoms with Crippen LogP contribution in [0.25, 0.3) is 11.3 Å². The summed E-state index contributed by atoms with van der Waals surface area (Å²) in [5.74, 6) is 1.83. The molecule has 0 atom stereocenters. The molecule has 188 valence electrons. The average molecular weight is 489 g/mol. The lowest BCUT2D eigenvalue weighted by Crippen LogP contribution is -2.25. The molecule has 36 heavy (non-hydrogen) atoms. The number of aromatic hydroxyl groups is 1. The van der Waals surface area contributed by atoms with Gasteiger partial charge in [-0.05, 0) is 74.8 Å². The molecule has 3 aromatic rings. The van der Waals surface area contributed by atoms with Crippen LogP contribution in [0.3, 0.4) is 0 Å². The van der Waals surface area contributed by atoms with E-state index in [1.54, 1.807) is 18.3 Å². The number of benzene rings is 2. The number of rotatable bonds is 4. The Bertz CT molecular complexity index is 1190. The third-order valence-corrected chi connectivity index (χ3v) is 6.27. The molecule has 0 radical (unpaired) electrons. The molecule has 8 nitrogen and oxygen atoms in total. The molecule has 0 amide bonds. The summed E-state index contributed by atoms with van der Waals surface area (Å²) in [6.07, 6.45) is 8.96. The molecule has 6 bridgehead atoms. The third-order valence-electron chi connectivity index (χ3n) is 6.27. The van der Waals surface area contributed by atoms with Crippen molar-refractivity contribution in [1.82, 2.24) is 14.9 Å². The number of phenolic OH excluding ortho intramolecular Hbond substituents is 1. The van der Waals surface area contributed by atoms with E-state index in [-0.39, 0.29) is 5.75 Å². The van der Waals surface area contributed by atoms with E-state index in [1.165, 1.54) is 12.8 Å². The summed E-state index contributed by atoms with van der Waals surface area (Å²) < 4.78 is 17.9. The second kappa shape index (κ2) is 11.9. The summed E-state index contributed by atoms with van der Waals surface area (Å²) in [4.78, 5) is 11.5. The van der Waals surface area contributed by atoms with Crippen LogP contribution >= 0.6 is 0 Å². The Morgan fingerprint density at radius 2 is 1.97 bits per heavy atom. The van der Waals surface area contributed by atoms with E-state index in [2.05, 4.69) is 20.2 Å². The number of nitrogens with zero attached hydrogens (tertiary/aromatic N) is 3. The third kappa shape index (κ3) is 6.33. The molecule has 5 rings (SSSR count). The Morgan fingerprint density at radius 1 is 1.06 bits per heavy atom. The van der Waals surface area contributed by atoms with Gasteiger partial charge in [0.15, 0.2) is 11.5 Å². The van der Waals surface area contributed by atoms with Gasteiger partial charge in [0.25, 0.3) is 0 Å². The van der Waals surface area contributed by atoms with Crippen LogP contribution in [0.5, 0.6) is 17.2 Å². The van der Waals surface area contributed by atoms with Gasteiger partial charge in [-0.1, -0.05) is 12.2 Å². The summed E-state index contributed by atoms with van der Waals surface area (Å²) in [7, 11) is 0. The zero-order valence-corrected chi connectivity index (χ0v) is 20.4. The van der Waals surface area contributed by atoms with Crippen LogP contribution in [0.15, 0.2) is 60.8 Å². The molecule has 2 N–H and O–H groups in total. The first kappa shape index (κ1) is 24.1. The molecule has 2 aliphatic heterocycles. The smallest absolute Gasteiger partial charge is 0.227 e. The molecule has 2 aliphatic rings. The Kier molecular flexibility index (Phi) is 7.95. The Hall–Kier alpha value is -3.62. The predicted molar refractivity (Wildman–Crippen MR) is 139 cm³/mol. The topological polar surface area (TPSA) is 89.0 Å². The Morgan fingerprint density at radius 3 is 2.89 bits per heavy atom. The van der Waals surface area contributed by atoms with Crippen molar-refractivity contribution < 1.29 is 19.3 Å². The number of ether oxygens (including phenoxy) is 3. The molecule has 1 fully saturated rings. The maximum atomic E-state index is 10.2. The number of hydrogen-bond donors (Lipinski definition) is 2. The van der Waals surface area contributed by atoms with Crippen molar-refractivity contribution in [2.24, 2.45) is 0 Å². The monoisotopic (exact) mass is 488 g/mol. The largest absolute Gasteiger partial charge is 0.504 e. The Labute approximate surface area is 211 Å². The molecular formula is C28H32N4O4. The van der Waals surface area contributed by atoms with Crippen molar-refractivity contribution in [2.75, 3.05) is 44.8 Å². The molecule has 0 aliphatic carbocycles. The number of likely N-dealkylation sites (tertiary alicyclic amines) is 1. The standard InChI is InChI=1S/C28H32N4O4/c33-25-8-6-21-19-27(25)35-16-5-1-4-15-34-20-22-18-23(30-28-29-11-10-24(21)31-28)7-9-26(22)36-17-14-32-12-2-3-13-32/h1,4,6-11,18-19,33H,2-3,5,12-17,20H2,(H,29,30,31)/b4-1+. The first-order chi connectivity index (χ1) is 17.7. The molecule has 0 saturated carbocycles. The average Bonchev–Trinajstić information content (AvgIpc) is 3.41. The Balaban J connectivity index is 1.38. The molecule has 1 aromatic heterocycles. The zero-order chi connectivity index (χ0) is 24.6. The van der Waals surface area contributed by atoms with Crippen LogP contribution in [0.1, 0.15) is 24.8 Å². The number of anilines is 2. The van der Waals surface area contributed by atoms with Crippen LogP contribution in [0, 0.1) is 0 Å². The molecule has 1 saturated heterocycles. The minimum absolute atomic E-state index is 0.100. The lowest BCUT2D eigenvalue weighted by molar-refractivity contribution is 0.144. The van der Waals surface area contributed by atoms with E-state index in [0.29, 0.717) is 44.5 Å². The molecule has 0 unspecified atom stereocenters. The zero-order valence-electron chi connectivity index (χ0n) is 20.4. The molecule has 2 aromatic carbocycles. The first-order valence-corrected chi connectivity index (χ1v) is 12.5. The van der Waals surface area contributed by atoms with Crippen molar-refractivity contribution in [1.29, 1.82) is 0 Å². The SMILES string of the molecule is Oc1ccc2cc1OCC/C=C/COCc1cc(ccc1OCCN1CCCC1)Nc1nccc-2n1. The van der Waals surface area contributed by atoms with E-state index in [9.17, 15) is 5.11 Å². The number of nitrogens with one attached hydrogen (secondary N) is 1. The number of hydrogen-bond acceptors (Lipinski definition) is 8. The summed E-state index contributed by atoms with van der Waals surface area (Å²) in [6, 6.07) is 13.0. The van der Waals surface area contributed by atoms with Gasteiger partial charge in [-0.15, -0.1) is 0 Å². The van der Waals surface area contributed by atoms with E-state index < -0.39 is 0 Å². The first-order valence-electron chi connectivity index (χ1n) is 12.5. The molecule has 3 heterocycles. The van der Waals surface area contributed by atoms with Gasteiger partial charge in [-0.25, -0.2) is 9.97 Å². The highest BCUT2D eigenvalue weighted by molar-refractivity contribution is 5.66. The summed E-state index contributed by atoms with van der Waals surface area (Å²) in [5.41, 5.74) is 3.38. The highest BCUT2D eigenvalue weighted by Crippen LogP contribution is 2.32. The number of phenols is 1. The van der Waals surface area contributed by atoms with Gasteiger partial charge in [0.05, 0.1) is 25.5 Å². The summed E-state index contributed by atoms with van der Waals surface area (Å²) in [6.45, 7) is 5.25. The van der Waals surface area contributed by atoms with E-state index >= 15 is 0 Å². The van der Waals surface area contributed by atoms with Gasteiger partial charge < -0.3 is 24.6 Å². The normalized spacial score (nSPS) is 17.3. The molecule has 0 spiro atoms. The van der Waals surface area contributed by atoms with E-state index in [4.69, 9.17) is 14.2 Å². The van der Waals surface area contributed by atoms with Gasteiger partial charge in [-0.3, -0.25) is 4.90 Å². The number of aromatic nitrogens is 2. The minimum atomic E-state index is 0.100. The quantitative estimate of drug-likeness (QED) is 0.500. The summed E-state index contributed by atoms with van der Waals surface area (Å²) >= 11 is 0. The van der Waals surface area contributed by atoms with Crippen molar-refractivity contribution in [3.8, 4) is 28.5 Å². The van der Waals surface area contributed by atoms with Gasteiger partial charge in [0, 0.05) is 29.6 Å². The predicted octanol–water partition coefficient (Wildman–Crippen LogP) is 4.92. The van der Waals surface area contributed by atoms with Gasteiger partial charge in [-0.2, -0.15) is 0 Å². The van der Waals surface area contributed by atoms with E-state index in [0.717, 1.165) is 47.9 Å². The second-order valence-electron chi connectivity index (χ2n) is 8.92. The van der Waals surface area contributed by atoms with Gasteiger partial charge in [0.2, 0.25) is 5.95 Å². The highest BCUT2D eigenvalue weighted by Gasteiger charge is 2.13. The van der Waals surface area contributed by atoms with Crippen LogP contribution in [-0.4, -0.2) is 59.4 Å². The molecular weight excluding hydrogens is 456 g/mol. The highest BCUT2D eigenvalue weighted by atomic mass is 16.5. The van der Waals surface area contributed by atoms with Crippen molar-refractivity contribution in [3.05, 3.63) is 66.4 Å². The van der Waals surface area contributed by atoms with Crippen LogP contribution in [-0.2, 0) is 11.3 Å². The second-order valence-corrected chi connectivity index (χ2v) is 8.92. The van der Waals surface area contributed by atoms with Crippen LogP contribution in [0.2, 0.25) is 0 Å². The minimum Gasteiger partial charge on any atom is -0.504 e. The van der Waals surface area contributed by atoms with E-state index in [1.807, 2.05) is 42.5 Å². The van der Waals surface area contributed by atoms with Crippen LogP contribution < -0.4 is 14.8 Å². The van der Waals surface area contributed by atoms with Crippen LogP contribution in [0.4, 0.5) is 11.6 Å². The van der Waals surface area contributed by atoms with Crippen molar-refractivity contribution in [3.63, 3.8) is 0 Å². The maximum absolute atomic E-state index is 10.2. The van der Waals surface area contributed by atoms with Crippen molar-refractivity contribution >= 4 is 11.6 Å². The van der Waals surface area contributed by atoms with Gasteiger partial charge >= 0.3 is 0 Å². The fourth-order valence-corrected chi connectivity index (χ4v) is 4.36. The number of fused-ring (bicyclic) bond motifs is 7. The summed E-state index contributed by atoms with van der Waals surface area (Å²) in [5, 5.41) is 13.5. The fraction of sp³-hybridized carbons (Fsp3) is 0.357. The van der Waals surface area contributed by atoms with Gasteiger partial charge in [0.1, 0.15) is 12.4 Å². The maximum Gasteiger partial charge on any atom is 0.227 e. The van der Waals surface area contributed by atoms with Crippen molar-refractivity contribution in [2.45, 2.75) is 25.9 Å². The fourth-order valence-electron chi connectivity index (χ4n) is 4.36. The lowest BCUT2D eigenvalue weighted by atomic mass is 10.1.